The van der Waals surface area contributed by atoms with Gasteiger partial charge in [0, 0.05) is 57.7 Å². The first-order valence-corrected chi connectivity index (χ1v) is 18.4. The highest BCUT2D eigenvalue weighted by Gasteiger charge is 2.33. The van der Waals surface area contributed by atoms with E-state index in [0.717, 1.165) is 31.8 Å². The Morgan fingerprint density at radius 3 is 1.73 bits per heavy atom. The molecule has 4 fully saturated rings. The molecule has 51 heavy (non-hydrogen) atoms. The van der Waals surface area contributed by atoms with E-state index < -0.39 is 5.24 Å². The lowest BCUT2D eigenvalue weighted by molar-refractivity contribution is -0.115. The summed E-state index contributed by atoms with van der Waals surface area (Å²) < 4.78 is 10.3. The van der Waals surface area contributed by atoms with Gasteiger partial charge in [0.05, 0.1) is 46.8 Å². The smallest absolute Gasteiger partial charge is 0.256 e. The van der Waals surface area contributed by atoms with Crippen LogP contribution < -0.4 is 31.2 Å². The summed E-state index contributed by atoms with van der Waals surface area (Å²) in [6.07, 6.45) is 7.29. The molecular weight excluding hydrogens is 719 g/mol. The third-order valence-corrected chi connectivity index (χ3v) is 10.6. The van der Waals surface area contributed by atoms with Gasteiger partial charge < -0.3 is 41.0 Å². The van der Waals surface area contributed by atoms with E-state index in [2.05, 4.69) is 25.8 Å². The monoisotopic (exact) mass is 766 g/mol. The zero-order chi connectivity index (χ0) is 37.2. The molecule has 4 aliphatic rings. The van der Waals surface area contributed by atoms with Gasteiger partial charge in [0.15, 0.2) is 0 Å². The fraction of sp³-hybridized carbons (Fsp3) is 0.556. The first-order valence-electron chi connectivity index (χ1n) is 17.3. The number of rotatable bonds is 7. The van der Waals surface area contributed by atoms with Gasteiger partial charge in [0.2, 0.25) is 11.8 Å². The van der Waals surface area contributed by atoms with Crippen molar-refractivity contribution in [3.8, 4) is 11.5 Å². The summed E-state index contributed by atoms with van der Waals surface area (Å²) in [5.41, 5.74) is 7.31. The molecule has 0 saturated carbocycles. The topological polar surface area (TPSA) is 155 Å². The number of methoxy groups -OCH3 is 2. The quantitative estimate of drug-likeness (QED) is 0.262. The van der Waals surface area contributed by atoms with Crippen LogP contribution in [0.4, 0.5) is 11.4 Å². The Kier molecular flexibility index (Phi) is 15.2. The lowest BCUT2D eigenvalue weighted by atomic mass is 9.85. The predicted octanol–water partition coefficient (Wildman–Crippen LogP) is 5.64. The fourth-order valence-corrected chi connectivity index (χ4v) is 7.74. The van der Waals surface area contributed by atoms with Crippen LogP contribution in [0, 0.1) is 11.8 Å². The minimum atomic E-state index is -0.673. The number of carbonyl (C=O) groups excluding carboxylic acids is 4. The predicted molar refractivity (Wildman–Crippen MR) is 202 cm³/mol. The van der Waals surface area contributed by atoms with E-state index in [1.165, 1.54) is 92.1 Å². The van der Waals surface area contributed by atoms with Crippen molar-refractivity contribution in [2.75, 3.05) is 64.1 Å². The molecular formula is C36H49Cl3N6O6. The Bertz CT molecular complexity index is 1580. The highest BCUT2D eigenvalue weighted by atomic mass is 35.5. The Balaban J connectivity index is 0.000000191. The lowest BCUT2D eigenvalue weighted by Gasteiger charge is -2.42. The second-order valence-corrected chi connectivity index (χ2v) is 14.6. The number of amides is 3. The molecule has 4 heterocycles. The van der Waals surface area contributed by atoms with Gasteiger partial charge in [-0.1, -0.05) is 23.2 Å². The van der Waals surface area contributed by atoms with Crippen molar-refractivity contribution in [2.45, 2.75) is 64.5 Å². The molecule has 6 rings (SSSR count). The van der Waals surface area contributed by atoms with Crippen LogP contribution in [0.3, 0.4) is 0 Å². The van der Waals surface area contributed by atoms with Crippen LogP contribution >= 0.6 is 34.8 Å². The zero-order valence-corrected chi connectivity index (χ0v) is 31.9. The second kappa shape index (κ2) is 19.1. The maximum Gasteiger partial charge on any atom is 0.256 e. The standard InChI is InChI=1S/C18H24ClN3O3.C10H9Cl2NO3.C8H16N2/c1-11(23)20-16-9-17(25-2)13(8-14(16)19)18(24)21-15-5-7-22-6-3-4-12(15)10-22;1-5(14)13-8-4-9(16-2)6(10(12)15)3-7(8)11;9-8-3-5-10-4-1-2-7(8)6-10/h8-9,12,15H,3-7,10H2,1-2H3,(H,20,23)(H,21,24);3-4H,1-2H3,(H,13,14);7-8H,1-6,9H2. The Morgan fingerprint density at radius 2 is 1.22 bits per heavy atom. The van der Waals surface area contributed by atoms with Crippen LogP contribution in [0.5, 0.6) is 11.5 Å². The van der Waals surface area contributed by atoms with Crippen LogP contribution in [0.15, 0.2) is 24.3 Å². The van der Waals surface area contributed by atoms with E-state index in [0.29, 0.717) is 39.7 Å². The zero-order valence-electron chi connectivity index (χ0n) is 29.7. The lowest BCUT2D eigenvalue weighted by Crippen LogP contribution is -2.53. The van der Waals surface area contributed by atoms with E-state index in [1.54, 1.807) is 12.1 Å². The SMILES string of the molecule is COc1cc(NC(C)=O)c(Cl)cc1C(=O)Cl.COc1cc(NC(C)=O)c(Cl)cc1C(=O)NC1CCN2CCCC1C2.NC1CCN2CCCC1C2. The largest absolute Gasteiger partial charge is 0.496 e. The van der Waals surface area contributed by atoms with Crippen molar-refractivity contribution < 1.29 is 28.7 Å². The number of piperidine rings is 4. The van der Waals surface area contributed by atoms with Crippen molar-refractivity contribution in [2.24, 2.45) is 17.6 Å². The van der Waals surface area contributed by atoms with Crippen molar-refractivity contribution in [1.29, 1.82) is 0 Å². The van der Waals surface area contributed by atoms with E-state index in [4.69, 9.17) is 50.0 Å². The van der Waals surface area contributed by atoms with Gasteiger partial charge in [0.25, 0.3) is 11.1 Å². The molecule has 280 valence electrons. The van der Waals surface area contributed by atoms with Gasteiger partial charge in [-0.3, -0.25) is 19.2 Å². The van der Waals surface area contributed by atoms with E-state index in [-0.39, 0.29) is 40.1 Å². The summed E-state index contributed by atoms with van der Waals surface area (Å²) >= 11 is 17.4. The van der Waals surface area contributed by atoms with Crippen LogP contribution in [-0.4, -0.2) is 98.3 Å². The number of carbonyl (C=O) groups is 4. The number of anilines is 2. The number of hydrogen-bond acceptors (Lipinski definition) is 9. The number of fused-ring (bicyclic) bond motifs is 4. The van der Waals surface area contributed by atoms with E-state index >= 15 is 0 Å². The van der Waals surface area contributed by atoms with Crippen LogP contribution in [0.1, 0.15) is 73.1 Å². The molecule has 4 aliphatic heterocycles. The molecule has 4 bridgehead atoms. The number of halogens is 3. The van der Waals surface area contributed by atoms with Crippen molar-refractivity contribution in [3.63, 3.8) is 0 Å². The Morgan fingerprint density at radius 1 is 0.725 bits per heavy atom. The maximum absolute atomic E-state index is 12.8. The number of benzene rings is 2. The number of nitrogens with one attached hydrogen (secondary N) is 3. The third-order valence-electron chi connectivity index (χ3n) is 9.77. The van der Waals surface area contributed by atoms with Crippen LogP contribution in [-0.2, 0) is 9.59 Å². The summed E-state index contributed by atoms with van der Waals surface area (Å²) in [5.74, 6) is 1.30. The summed E-state index contributed by atoms with van der Waals surface area (Å²) in [4.78, 5) is 51.0. The number of nitrogens with two attached hydrogens (primary N) is 1. The molecule has 6 atom stereocenters. The first kappa shape index (κ1) is 40.6. The molecule has 0 radical (unpaired) electrons. The molecule has 0 spiro atoms. The molecule has 3 amide bonds. The Labute approximate surface area is 315 Å². The van der Waals surface area contributed by atoms with Crippen LogP contribution in [0.2, 0.25) is 10.0 Å². The summed E-state index contributed by atoms with van der Waals surface area (Å²) in [6.45, 7) is 9.86. The molecule has 2 aromatic rings. The fourth-order valence-electron chi connectivity index (χ4n) is 7.17. The van der Waals surface area contributed by atoms with Crippen molar-refractivity contribution >= 4 is 69.1 Å². The summed E-state index contributed by atoms with van der Waals surface area (Å²) in [7, 11) is 2.89. The third kappa shape index (κ3) is 11.4. The van der Waals surface area contributed by atoms with Crippen molar-refractivity contribution in [3.05, 3.63) is 45.4 Å². The Hall–Kier alpha value is -3.13. The normalized spacial score (nSPS) is 24.6. The average molecular weight is 768 g/mol. The van der Waals surface area contributed by atoms with Gasteiger partial charge in [-0.15, -0.1) is 0 Å². The first-order chi connectivity index (χ1) is 24.3. The van der Waals surface area contributed by atoms with Gasteiger partial charge in [0.1, 0.15) is 11.5 Å². The summed E-state index contributed by atoms with van der Waals surface area (Å²) in [6, 6.07) is 6.62. The van der Waals surface area contributed by atoms with E-state index in [9.17, 15) is 19.2 Å². The van der Waals surface area contributed by atoms with Gasteiger partial charge >= 0.3 is 0 Å². The molecule has 5 N–H and O–H groups in total. The van der Waals surface area contributed by atoms with Gasteiger partial charge in [-0.05, 0) is 93.7 Å². The minimum Gasteiger partial charge on any atom is -0.496 e. The van der Waals surface area contributed by atoms with Crippen molar-refractivity contribution in [1.82, 2.24) is 15.1 Å². The molecule has 15 heteroatoms. The molecule has 0 aliphatic carbocycles. The average Bonchev–Trinajstić information content (AvgIpc) is 3.09. The van der Waals surface area contributed by atoms with E-state index in [1.807, 2.05) is 0 Å². The number of nitrogens with zero attached hydrogens (tertiary/aromatic N) is 2. The molecule has 6 unspecified atom stereocenters. The highest BCUT2D eigenvalue weighted by molar-refractivity contribution is 6.68. The van der Waals surface area contributed by atoms with Gasteiger partial charge in [-0.2, -0.15) is 0 Å². The molecule has 4 saturated heterocycles. The maximum atomic E-state index is 12.8. The highest BCUT2D eigenvalue weighted by Crippen LogP contribution is 2.33. The molecule has 0 aromatic heterocycles. The minimum absolute atomic E-state index is 0.156. The molecule has 12 nitrogen and oxygen atoms in total. The second-order valence-electron chi connectivity index (χ2n) is 13.4. The van der Waals surface area contributed by atoms with Gasteiger partial charge in [-0.25, -0.2) is 0 Å². The molecule has 2 aromatic carbocycles. The van der Waals surface area contributed by atoms with Crippen LogP contribution in [0.25, 0.3) is 0 Å². The number of hydrogen-bond donors (Lipinski definition) is 4. The number of ether oxygens (including phenoxy) is 2. The summed E-state index contributed by atoms with van der Waals surface area (Å²) in [5, 5.41) is 8.17.